The van der Waals surface area contributed by atoms with E-state index < -0.39 is 11.2 Å². The van der Waals surface area contributed by atoms with Crippen molar-refractivity contribution in [3.05, 3.63) is 29.4 Å². The molecule has 2 aromatic heterocycles. The summed E-state index contributed by atoms with van der Waals surface area (Å²) in [5.41, 5.74) is 0.268. The minimum absolute atomic E-state index is 0.187. The third kappa shape index (κ3) is 2.81. The van der Waals surface area contributed by atoms with Crippen LogP contribution < -0.4 is 0 Å². The van der Waals surface area contributed by atoms with Crippen molar-refractivity contribution in [1.82, 2.24) is 20.0 Å². The largest absolute Gasteiger partial charge is 0.250 e. The highest BCUT2D eigenvalue weighted by Crippen LogP contribution is 2.37. The molecule has 0 spiro atoms. The zero-order valence-corrected chi connectivity index (χ0v) is 12.7. The van der Waals surface area contributed by atoms with E-state index >= 15 is 0 Å². The molecule has 0 atom stereocenters. The predicted octanol–water partition coefficient (Wildman–Crippen LogP) is 3.61. The molecule has 114 valence electrons. The van der Waals surface area contributed by atoms with Crippen LogP contribution in [-0.4, -0.2) is 20.0 Å². The van der Waals surface area contributed by atoms with Gasteiger partial charge in [0.1, 0.15) is 5.69 Å². The standard InChI is InChI=1S/C15H15ClFN5/c16-14-13(17)11(4-7-19-14)12-8-22(21-20-12)10-15(9-18)5-2-1-3-6-15/h4,7-8H,1-3,5-6,10H2. The van der Waals surface area contributed by atoms with Gasteiger partial charge in [0.05, 0.1) is 24.2 Å². The van der Waals surface area contributed by atoms with Crippen molar-refractivity contribution < 1.29 is 4.39 Å². The number of nitrogens with zero attached hydrogens (tertiary/aromatic N) is 5. The first-order valence-electron chi connectivity index (χ1n) is 7.25. The molecule has 1 aliphatic rings. The minimum Gasteiger partial charge on any atom is -0.250 e. The quantitative estimate of drug-likeness (QED) is 0.810. The fraction of sp³-hybridized carbons (Fsp3) is 0.467. The van der Waals surface area contributed by atoms with Crippen molar-refractivity contribution in [2.24, 2.45) is 5.41 Å². The van der Waals surface area contributed by atoms with Crippen LogP contribution in [0, 0.1) is 22.6 Å². The first kappa shape index (κ1) is 14.9. The molecule has 0 bridgehead atoms. The summed E-state index contributed by atoms with van der Waals surface area (Å²) < 4.78 is 15.6. The number of halogens is 2. The van der Waals surface area contributed by atoms with Crippen molar-refractivity contribution in [2.45, 2.75) is 38.6 Å². The summed E-state index contributed by atoms with van der Waals surface area (Å²) in [6, 6.07) is 3.95. The Kier molecular flexibility index (Phi) is 4.08. The Balaban J connectivity index is 1.85. The predicted molar refractivity (Wildman–Crippen MR) is 79.4 cm³/mol. The number of rotatable bonds is 3. The molecule has 0 aromatic carbocycles. The van der Waals surface area contributed by atoms with E-state index in [0.29, 0.717) is 12.2 Å². The molecular weight excluding hydrogens is 305 g/mol. The van der Waals surface area contributed by atoms with Crippen LogP contribution in [0.2, 0.25) is 5.15 Å². The van der Waals surface area contributed by atoms with Gasteiger partial charge in [-0.15, -0.1) is 5.10 Å². The van der Waals surface area contributed by atoms with Gasteiger partial charge in [-0.1, -0.05) is 36.1 Å². The molecule has 0 aliphatic heterocycles. The number of pyridine rings is 1. The number of hydrogen-bond donors (Lipinski definition) is 0. The van der Waals surface area contributed by atoms with E-state index in [9.17, 15) is 9.65 Å². The molecule has 1 aliphatic carbocycles. The Hall–Kier alpha value is -2.00. The Morgan fingerprint density at radius 1 is 1.36 bits per heavy atom. The van der Waals surface area contributed by atoms with Gasteiger partial charge in [-0.25, -0.2) is 9.37 Å². The van der Waals surface area contributed by atoms with Gasteiger partial charge in [-0.3, -0.25) is 4.68 Å². The van der Waals surface area contributed by atoms with E-state index in [4.69, 9.17) is 11.6 Å². The fourth-order valence-electron chi connectivity index (χ4n) is 2.96. The third-order valence-corrected chi connectivity index (χ3v) is 4.44. The molecule has 1 fully saturated rings. The van der Waals surface area contributed by atoms with Crippen LogP contribution in [0.3, 0.4) is 0 Å². The molecule has 2 aromatic rings. The van der Waals surface area contributed by atoms with Crippen LogP contribution >= 0.6 is 11.6 Å². The molecule has 22 heavy (non-hydrogen) atoms. The van der Waals surface area contributed by atoms with E-state index in [-0.39, 0.29) is 10.7 Å². The Bertz CT molecular complexity index is 715. The van der Waals surface area contributed by atoms with Gasteiger partial charge in [0.15, 0.2) is 11.0 Å². The van der Waals surface area contributed by atoms with Crippen LogP contribution in [0.4, 0.5) is 4.39 Å². The zero-order chi connectivity index (χ0) is 15.6. The number of hydrogen-bond acceptors (Lipinski definition) is 4. The molecular formula is C15H15ClFN5. The summed E-state index contributed by atoms with van der Waals surface area (Å²) in [4.78, 5) is 3.68. The molecule has 0 radical (unpaired) electrons. The molecule has 0 saturated heterocycles. The zero-order valence-electron chi connectivity index (χ0n) is 12.0. The summed E-state index contributed by atoms with van der Waals surface area (Å²) in [5, 5.41) is 17.4. The van der Waals surface area contributed by atoms with Gasteiger partial charge in [-0.05, 0) is 18.9 Å². The maximum Gasteiger partial charge on any atom is 0.169 e. The van der Waals surface area contributed by atoms with Gasteiger partial charge < -0.3 is 0 Å². The lowest BCUT2D eigenvalue weighted by Crippen LogP contribution is -2.28. The smallest absolute Gasteiger partial charge is 0.169 e. The van der Waals surface area contributed by atoms with E-state index in [1.165, 1.54) is 18.7 Å². The first-order chi connectivity index (χ1) is 10.6. The highest BCUT2D eigenvalue weighted by Gasteiger charge is 2.33. The van der Waals surface area contributed by atoms with Crippen LogP contribution in [0.5, 0.6) is 0 Å². The van der Waals surface area contributed by atoms with Crippen molar-refractivity contribution in [1.29, 1.82) is 5.26 Å². The minimum atomic E-state index is -0.608. The van der Waals surface area contributed by atoms with Crippen LogP contribution in [-0.2, 0) is 6.54 Å². The lowest BCUT2D eigenvalue weighted by Gasteiger charge is -2.30. The van der Waals surface area contributed by atoms with E-state index in [0.717, 1.165) is 25.7 Å². The van der Waals surface area contributed by atoms with Crippen molar-refractivity contribution >= 4 is 11.6 Å². The lowest BCUT2D eigenvalue weighted by atomic mass is 9.75. The van der Waals surface area contributed by atoms with E-state index in [2.05, 4.69) is 21.4 Å². The molecule has 5 nitrogen and oxygen atoms in total. The molecule has 1 saturated carbocycles. The van der Waals surface area contributed by atoms with Crippen LogP contribution in [0.1, 0.15) is 32.1 Å². The average Bonchev–Trinajstić information content (AvgIpc) is 2.99. The highest BCUT2D eigenvalue weighted by molar-refractivity contribution is 6.29. The maximum absolute atomic E-state index is 14.0. The van der Waals surface area contributed by atoms with Gasteiger partial charge in [0.2, 0.25) is 0 Å². The van der Waals surface area contributed by atoms with E-state index in [1.807, 2.05) is 0 Å². The lowest BCUT2D eigenvalue weighted by molar-refractivity contribution is 0.221. The molecule has 0 N–H and O–H groups in total. The maximum atomic E-state index is 14.0. The Morgan fingerprint density at radius 2 is 2.14 bits per heavy atom. The summed E-state index contributed by atoms with van der Waals surface area (Å²) in [6.07, 6.45) is 8.11. The summed E-state index contributed by atoms with van der Waals surface area (Å²) in [5.74, 6) is -0.608. The normalized spacial score (nSPS) is 17.1. The summed E-state index contributed by atoms with van der Waals surface area (Å²) in [7, 11) is 0. The number of aromatic nitrogens is 4. The topological polar surface area (TPSA) is 67.4 Å². The SMILES string of the molecule is N#CC1(Cn2cc(-c3ccnc(Cl)c3F)nn2)CCCCC1. The first-order valence-corrected chi connectivity index (χ1v) is 7.63. The second-order valence-corrected chi connectivity index (χ2v) is 6.08. The molecule has 2 heterocycles. The van der Waals surface area contributed by atoms with Gasteiger partial charge in [-0.2, -0.15) is 5.26 Å². The third-order valence-electron chi connectivity index (χ3n) is 4.17. The van der Waals surface area contributed by atoms with E-state index in [1.54, 1.807) is 10.9 Å². The van der Waals surface area contributed by atoms with Gasteiger partial charge >= 0.3 is 0 Å². The van der Waals surface area contributed by atoms with Crippen molar-refractivity contribution in [3.63, 3.8) is 0 Å². The van der Waals surface area contributed by atoms with Crippen molar-refractivity contribution in [2.75, 3.05) is 0 Å². The Morgan fingerprint density at radius 3 is 2.86 bits per heavy atom. The number of nitriles is 1. The second kappa shape index (κ2) is 6.01. The molecule has 0 amide bonds. The monoisotopic (exact) mass is 319 g/mol. The van der Waals surface area contributed by atoms with Gasteiger partial charge in [0, 0.05) is 11.8 Å². The highest BCUT2D eigenvalue weighted by atomic mass is 35.5. The molecule has 0 unspecified atom stereocenters. The van der Waals surface area contributed by atoms with Gasteiger partial charge in [0.25, 0.3) is 0 Å². The fourth-order valence-corrected chi connectivity index (χ4v) is 3.12. The molecule has 3 rings (SSSR count). The summed E-state index contributed by atoms with van der Waals surface area (Å²) >= 11 is 5.69. The van der Waals surface area contributed by atoms with Crippen LogP contribution in [0.25, 0.3) is 11.3 Å². The molecule has 7 heteroatoms. The second-order valence-electron chi connectivity index (χ2n) is 5.72. The Labute approximate surface area is 132 Å². The average molecular weight is 320 g/mol. The van der Waals surface area contributed by atoms with Crippen LogP contribution in [0.15, 0.2) is 18.5 Å². The summed E-state index contributed by atoms with van der Waals surface area (Å²) in [6.45, 7) is 0.483. The van der Waals surface area contributed by atoms with Crippen molar-refractivity contribution in [3.8, 4) is 17.3 Å².